The second kappa shape index (κ2) is 7.68. The van der Waals surface area contributed by atoms with E-state index in [2.05, 4.69) is 9.72 Å². The molecule has 2 atom stereocenters. The van der Waals surface area contributed by atoms with Crippen molar-refractivity contribution in [3.05, 3.63) is 16.1 Å². The molecule has 1 aromatic heterocycles. The maximum absolute atomic E-state index is 11.2. The van der Waals surface area contributed by atoms with Crippen molar-refractivity contribution in [1.82, 2.24) is 4.98 Å². The van der Waals surface area contributed by atoms with Gasteiger partial charge in [0.2, 0.25) is 0 Å². The highest BCUT2D eigenvalue weighted by Gasteiger charge is 2.20. The highest BCUT2D eigenvalue weighted by atomic mass is 35.5. The molecule has 1 rings (SSSR count). The molecular weight excluding hydrogens is 276 g/mol. The van der Waals surface area contributed by atoms with Gasteiger partial charge in [0, 0.05) is 11.4 Å². The lowest BCUT2D eigenvalue weighted by Crippen LogP contribution is -2.28. The van der Waals surface area contributed by atoms with Crippen LogP contribution in [0.3, 0.4) is 0 Å². The number of aliphatic hydroxyl groups excluding tert-OH is 1. The maximum Gasteiger partial charge on any atom is 0.357 e. The third-order valence-corrected chi connectivity index (χ3v) is 3.50. The van der Waals surface area contributed by atoms with Gasteiger partial charge in [-0.15, -0.1) is 23.7 Å². The number of methoxy groups -OCH3 is 1. The summed E-state index contributed by atoms with van der Waals surface area (Å²) in [5, 5.41) is 12.0. The fraction of sp³-hybridized carbons (Fsp3) is 0.636. The van der Waals surface area contributed by atoms with Gasteiger partial charge in [0.25, 0.3) is 0 Å². The normalized spacial score (nSPS) is 13.9. The topological polar surface area (TPSA) is 85.4 Å². The Hall–Kier alpha value is -0.690. The fourth-order valence-electron chi connectivity index (χ4n) is 1.27. The number of hydrogen-bond donors (Lipinski definition) is 2. The van der Waals surface area contributed by atoms with Crippen LogP contribution in [0.1, 0.15) is 41.9 Å². The van der Waals surface area contributed by atoms with Crippen molar-refractivity contribution in [2.75, 3.05) is 7.11 Å². The first kappa shape index (κ1) is 17.3. The van der Waals surface area contributed by atoms with Gasteiger partial charge in [0.15, 0.2) is 5.69 Å². The molecule has 1 heterocycles. The smallest absolute Gasteiger partial charge is 0.357 e. The van der Waals surface area contributed by atoms with Crippen LogP contribution in [-0.4, -0.2) is 29.2 Å². The number of nitrogens with zero attached hydrogens (tertiary/aromatic N) is 1. The Labute approximate surface area is 117 Å². The standard InChI is InChI=1S/C11H18N2O3S.ClH/c1-6(2)7(12)4-9(14)10-13-8(5-17-10)11(15)16-3;/h5-7,9,14H,4,12H2,1-3H3;1H. The number of aliphatic hydroxyl groups is 1. The summed E-state index contributed by atoms with van der Waals surface area (Å²) in [4.78, 5) is 15.2. The van der Waals surface area contributed by atoms with Crippen LogP contribution in [0, 0.1) is 5.92 Å². The van der Waals surface area contributed by atoms with Crippen molar-refractivity contribution < 1.29 is 14.6 Å². The first-order valence-corrected chi connectivity index (χ1v) is 6.31. The van der Waals surface area contributed by atoms with Gasteiger partial charge in [-0.3, -0.25) is 0 Å². The van der Waals surface area contributed by atoms with Gasteiger partial charge >= 0.3 is 5.97 Å². The minimum atomic E-state index is -0.726. The monoisotopic (exact) mass is 294 g/mol. The number of halogens is 1. The first-order valence-electron chi connectivity index (χ1n) is 5.43. The van der Waals surface area contributed by atoms with E-state index in [1.807, 2.05) is 13.8 Å². The SMILES string of the molecule is COC(=O)c1csc(C(O)CC(N)C(C)C)n1.Cl. The number of thiazole rings is 1. The Bertz CT molecular complexity index is 384. The third-order valence-electron chi connectivity index (χ3n) is 2.55. The number of ether oxygens (including phenoxy) is 1. The molecule has 0 fully saturated rings. The third kappa shape index (κ3) is 4.53. The Morgan fingerprint density at radius 1 is 1.61 bits per heavy atom. The highest BCUT2D eigenvalue weighted by molar-refractivity contribution is 7.09. The van der Waals surface area contributed by atoms with Crippen LogP contribution in [0.4, 0.5) is 0 Å². The Morgan fingerprint density at radius 2 is 2.22 bits per heavy atom. The molecule has 0 radical (unpaired) electrons. The summed E-state index contributed by atoms with van der Waals surface area (Å²) in [6.07, 6.45) is -0.290. The summed E-state index contributed by atoms with van der Waals surface area (Å²) in [7, 11) is 1.30. The molecule has 0 aliphatic rings. The lowest BCUT2D eigenvalue weighted by molar-refractivity contribution is 0.0594. The summed E-state index contributed by atoms with van der Waals surface area (Å²) < 4.78 is 4.55. The molecule has 3 N–H and O–H groups in total. The summed E-state index contributed by atoms with van der Waals surface area (Å²) in [5.41, 5.74) is 6.10. The van der Waals surface area contributed by atoms with Crippen LogP contribution in [0.2, 0.25) is 0 Å². The van der Waals surface area contributed by atoms with Crippen LogP contribution in [0.25, 0.3) is 0 Å². The van der Waals surface area contributed by atoms with Gasteiger partial charge < -0.3 is 15.6 Å². The summed E-state index contributed by atoms with van der Waals surface area (Å²) >= 11 is 1.24. The predicted molar refractivity (Wildman–Crippen MR) is 73.1 cm³/mol. The van der Waals surface area contributed by atoms with E-state index in [4.69, 9.17) is 5.73 Å². The molecule has 104 valence electrons. The highest BCUT2D eigenvalue weighted by Crippen LogP contribution is 2.23. The quantitative estimate of drug-likeness (QED) is 0.808. The fourth-order valence-corrected chi connectivity index (χ4v) is 2.06. The molecular formula is C11H19ClN2O3S. The lowest BCUT2D eigenvalue weighted by Gasteiger charge is -2.17. The minimum Gasteiger partial charge on any atom is -0.464 e. The number of carbonyl (C=O) groups is 1. The van der Waals surface area contributed by atoms with Crippen LogP contribution >= 0.6 is 23.7 Å². The van der Waals surface area contributed by atoms with Crippen LogP contribution in [0.15, 0.2) is 5.38 Å². The molecule has 2 unspecified atom stereocenters. The van der Waals surface area contributed by atoms with E-state index < -0.39 is 12.1 Å². The van der Waals surface area contributed by atoms with Gasteiger partial charge in [-0.05, 0) is 12.3 Å². The summed E-state index contributed by atoms with van der Waals surface area (Å²) in [6.45, 7) is 4.00. The maximum atomic E-state index is 11.2. The van der Waals surface area contributed by atoms with Gasteiger partial charge in [-0.25, -0.2) is 9.78 Å². The predicted octanol–water partition coefficient (Wildman–Crippen LogP) is 1.76. The average molecular weight is 295 g/mol. The average Bonchev–Trinajstić information content (AvgIpc) is 2.77. The minimum absolute atomic E-state index is 0. The van der Waals surface area contributed by atoms with Gasteiger partial charge in [-0.2, -0.15) is 0 Å². The Balaban J connectivity index is 0.00000289. The van der Waals surface area contributed by atoms with Crippen molar-refractivity contribution in [2.45, 2.75) is 32.4 Å². The number of carbonyl (C=O) groups excluding carboxylic acids is 1. The van der Waals surface area contributed by atoms with E-state index in [-0.39, 0.29) is 24.1 Å². The van der Waals surface area contributed by atoms with Crippen molar-refractivity contribution in [1.29, 1.82) is 0 Å². The lowest BCUT2D eigenvalue weighted by atomic mass is 9.99. The van der Waals surface area contributed by atoms with E-state index in [0.29, 0.717) is 17.3 Å². The molecule has 0 aliphatic heterocycles. The number of nitrogens with two attached hydrogens (primary N) is 1. The molecule has 18 heavy (non-hydrogen) atoms. The van der Waals surface area contributed by atoms with E-state index in [1.165, 1.54) is 18.4 Å². The van der Waals surface area contributed by atoms with Crippen LogP contribution in [-0.2, 0) is 4.74 Å². The molecule has 5 nitrogen and oxygen atoms in total. The molecule has 1 aromatic rings. The zero-order chi connectivity index (χ0) is 13.0. The largest absolute Gasteiger partial charge is 0.464 e. The number of hydrogen-bond acceptors (Lipinski definition) is 6. The second-order valence-electron chi connectivity index (χ2n) is 4.22. The molecule has 0 amide bonds. The Kier molecular flexibility index (Phi) is 7.39. The van der Waals surface area contributed by atoms with Crippen molar-refractivity contribution >= 4 is 29.7 Å². The molecule has 0 aromatic carbocycles. The summed E-state index contributed by atoms with van der Waals surface area (Å²) in [5.74, 6) is -0.197. The van der Waals surface area contributed by atoms with Crippen LogP contribution < -0.4 is 5.73 Å². The van der Waals surface area contributed by atoms with E-state index in [0.717, 1.165) is 0 Å². The molecule has 0 spiro atoms. The van der Waals surface area contributed by atoms with Crippen molar-refractivity contribution in [3.63, 3.8) is 0 Å². The van der Waals surface area contributed by atoms with Gasteiger partial charge in [-0.1, -0.05) is 13.8 Å². The van der Waals surface area contributed by atoms with Crippen molar-refractivity contribution in [3.8, 4) is 0 Å². The van der Waals surface area contributed by atoms with Gasteiger partial charge in [0.05, 0.1) is 7.11 Å². The van der Waals surface area contributed by atoms with Gasteiger partial charge in [0.1, 0.15) is 11.1 Å². The number of esters is 1. The molecule has 0 bridgehead atoms. The van der Waals surface area contributed by atoms with Crippen LogP contribution in [0.5, 0.6) is 0 Å². The van der Waals surface area contributed by atoms with Crippen molar-refractivity contribution in [2.24, 2.45) is 11.7 Å². The molecule has 7 heteroatoms. The number of aromatic nitrogens is 1. The van der Waals surface area contributed by atoms with E-state index >= 15 is 0 Å². The molecule has 0 saturated heterocycles. The first-order chi connectivity index (χ1) is 7.95. The molecule has 0 aliphatic carbocycles. The second-order valence-corrected chi connectivity index (χ2v) is 5.11. The van der Waals surface area contributed by atoms with E-state index in [9.17, 15) is 9.90 Å². The zero-order valence-corrected chi connectivity index (χ0v) is 12.3. The molecule has 0 saturated carbocycles. The zero-order valence-electron chi connectivity index (χ0n) is 10.6. The summed E-state index contributed by atoms with van der Waals surface area (Å²) in [6, 6.07) is -0.0875. The van der Waals surface area contributed by atoms with E-state index in [1.54, 1.807) is 5.38 Å². The Morgan fingerprint density at radius 3 is 2.72 bits per heavy atom. The number of rotatable bonds is 5.